The molecule has 4 heteroatoms. The van der Waals surface area contributed by atoms with Crippen molar-refractivity contribution in [3.05, 3.63) is 143 Å². The average molecular weight is 492 g/mol. The molecule has 1 atom stereocenters. The van der Waals surface area contributed by atoms with Gasteiger partial charge in [0.05, 0.1) is 13.6 Å². The lowest BCUT2D eigenvalue weighted by molar-refractivity contribution is -0.914. The lowest BCUT2D eigenvalue weighted by atomic mass is 9.94. The molecule has 0 radical (unpaired) electrons. The van der Waals surface area contributed by atoms with E-state index in [0.717, 1.165) is 42.6 Å². The Hall–Kier alpha value is -3.86. The Morgan fingerprint density at radius 2 is 1.27 bits per heavy atom. The number of hydrogen-bond acceptors (Lipinski definition) is 3. The van der Waals surface area contributed by atoms with Crippen molar-refractivity contribution in [1.29, 1.82) is 0 Å². The monoisotopic (exact) mass is 491 g/mol. The van der Waals surface area contributed by atoms with Crippen molar-refractivity contribution in [2.24, 2.45) is 5.73 Å². The van der Waals surface area contributed by atoms with Gasteiger partial charge >= 0.3 is 0 Å². The molecule has 0 aromatic heterocycles. The molecule has 0 aliphatic heterocycles. The molecule has 1 unspecified atom stereocenters. The molecule has 188 valence electrons. The van der Waals surface area contributed by atoms with E-state index in [-0.39, 0.29) is 11.6 Å². The summed E-state index contributed by atoms with van der Waals surface area (Å²) < 4.78 is 0.566. The fourth-order valence-electron chi connectivity index (χ4n) is 4.85. The van der Waals surface area contributed by atoms with E-state index in [0.29, 0.717) is 28.7 Å². The van der Waals surface area contributed by atoms with Crippen molar-refractivity contribution < 1.29 is 14.1 Å². The Kier molecular flexibility index (Phi) is 8.78. The van der Waals surface area contributed by atoms with Gasteiger partial charge in [0.1, 0.15) is 13.1 Å². The molecule has 0 aliphatic rings. The third-order valence-electron chi connectivity index (χ3n) is 6.87. The van der Waals surface area contributed by atoms with Crippen LogP contribution in [0.15, 0.2) is 109 Å². The van der Waals surface area contributed by atoms with Gasteiger partial charge in [-0.05, 0) is 30.2 Å². The maximum atomic E-state index is 13.3. The van der Waals surface area contributed by atoms with Crippen LogP contribution in [0, 0.1) is 0 Å². The number of carbonyl (C=O) groups excluding carboxylic acids is 2. The van der Waals surface area contributed by atoms with E-state index < -0.39 is 0 Å². The first-order valence-corrected chi connectivity index (χ1v) is 12.8. The number of Topliss-reactive ketones (excluding diaryl/α,β-unsaturated/α-hetero) is 1. The van der Waals surface area contributed by atoms with Crippen LogP contribution in [0.4, 0.5) is 0 Å². The number of nitrogens with zero attached hydrogens (tertiary/aromatic N) is 1. The molecule has 0 saturated carbocycles. The van der Waals surface area contributed by atoms with Crippen LogP contribution in [-0.2, 0) is 19.4 Å². The third kappa shape index (κ3) is 7.10. The first kappa shape index (κ1) is 26.2. The van der Waals surface area contributed by atoms with E-state index in [2.05, 4.69) is 19.2 Å². The normalized spacial score (nSPS) is 12.6. The Labute approximate surface area is 220 Å². The maximum absolute atomic E-state index is 13.3. The van der Waals surface area contributed by atoms with E-state index in [4.69, 9.17) is 5.73 Å². The van der Waals surface area contributed by atoms with Crippen LogP contribution in [0.25, 0.3) is 0 Å². The number of hydrogen-bond donors (Lipinski definition) is 1. The topological polar surface area (TPSA) is 60.2 Å². The van der Waals surface area contributed by atoms with Gasteiger partial charge in [0, 0.05) is 28.7 Å². The van der Waals surface area contributed by atoms with E-state index in [1.807, 2.05) is 97.1 Å². The highest BCUT2D eigenvalue weighted by atomic mass is 16.1. The first-order valence-electron chi connectivity index (χ1n) is 12.8. The summed E-state index contributed by atoms with van der Waals surface area (Å²) >= 11 is 0. The quantitative estimate of drug-likeness (QED) is 0.211. The van der Waals surface area contributed by atoms with Crippen LogP contribution in [0.1, 0.15) is 43.0 Å². The summed E-state index contributed by atoms with van der Waals surface area (Å²) in [5.74, 6) is 0.149. The molecule has 0 fully saturated rings. The molecule has 0 heterocycles. The molecular formula is C33H35N2O2+. The highest BCUT2D eigenvalue weighted by Gasteiger charge is 2.27. The van der Waals surface area contributed by atoms with Gasteiger partial charge in [-0.3, -0.25) is 9.59 Å². The average Bonchev–Trinajstić information content (AvgIpc) is 2.93. The van der Waals surface area contributed by atoms with Crippen LogP contribution < -0.4 is 5.73 Å². The minimum Gasteiger partial charge on any atom is -0.330 e. The predicted octanol–water partition coefficient (Wildman–Crippen LogP) is 5.49. The zero-order valence-electron chi connectivity index (χ0n) is 21.5. The first-order chi connectivity index (χ1) is 18.0. The molecule has 4 nitrogen and oxygen atoms in total. The van der Waals surface area contributed by atoms with E-state index in [1.165, 1.54) is 5.56 Å². The molecule has 2 N–H and O–H groups in total. The Morgan fingerprint density at radius 3 is 1.89 bits per heavy atom. The van der Waals surface area contributed by atoms with Crippen LogP contribution in [-0.4, -0.2) is 42.7 Å². The van der Waals surface area contributed by atoms with E-state index in [9.17, 15) is 9.59 Å². The number of carbonyl (C=O) groups is 2. The van der Waals surface area contributed by atoms with Gasteiger partial charge in [-0.15, -0.1) is 0 Å². The van der Waals surface area contributed by atoms with Gasteiger partial charge in [0.25, 0.3) is 0 Å². The van der Waals surface area contributed by atoms with E-state index in [1.54, 1.807) is 0 Å². The van der Waals surface area contributed by atoms with Crippen LogP contribution >= 0.6 is 0 Å². The molecule has 4 rings (SSSR count). The highest BCUT2D eigenvalue weighted by Crippen LogP contribution is 2.21. The Balaban J connectivity index is 1.60. The van der Waals surface area contributed by atoms with Crippen LogP contribution in [0.3, 0.4) is 0 Å². The minimum absolute atomic E-state index is 0.0157. The molecular weight excluding hydrogens is 456 g/mol. The smallest absolute Gasteiger partial charge is 0.216 e. The summed E-state index contributed by atoms with van der Waals surface area (Å²) in [4.78, 5) is 26.4. The lowest BCUT2D eigenvalue weighted by Crippen LogP contribution is -2.48. The van der Waals surface area contributed by atoms with E-state index >= 15 is 0 Å². The van der Waals surface area contributed by atoms with Gasteiger partial charge in [0.2, 0.25) is 5.78 Å². The molecule has 4 aromatic rings. The number of nitrogens with two attached hydrogens (primary N) is 1. The summed E-state index contributed by atoms with van der Waals surface area (Å²) in [6.07, 6.45) is 1.50. The van der Waals surface area contributed by atoms with Gasteiger partial charge in [-0.25, -0.2) is 0 Å². The van der Waals surface area contributed by atoms with Crippen molar-refractivity contribution in [2.75, 3.05) is 26.7 Å². The van der Waals surface area contributed by atoms with Crippen molar-refractivity contribution in [2.45, 2.75) is 19.4 Å². The molecule has 0 amide bonds. The lowest BCUT2D eigenvalue weighted by Gasteiger charge is -2.34. The largest absolute Gasteiger partial charge is 0.330 e. The SMILES string of the molecule is C[N+](CCc1cc(C(=O)c2ccccc2)ccc1CCN)(CC(=O)c1ccccc1)Cc1ccccc1. The van der Waals surface area contributed by atoms with Gasteiger partial charge in [-0.2, -0.15) is 0 Å². The molecule has 0 aliphatic carbocycles. The number of quaternary nitrogens is 1. The van der Waals surface area contributed by atoms with Gasteiger partial charge in [0.15, 0.2) is 5.78 Å². The Bertz CT molecular complexity index is 1320. The van der Waals surface area contributed by atoms with Crippen molar-refractivity contribution >= 4 is 11.6 Å². The number of rotatable bonds is 12. The summed E-state index contributed by atoms with van der Waals surface area (Å²) in [6, 6.07) is 35.1. The number of benzene rings is 4. The second-order valence-electron chi connectivity index (χ2n) is 9.90. The maximum Gasteiger partial charge on any atom is 0.216 e. The predicted molar refractivity (Wildman–Crippen MR) is 150 cm³/mol. The molecule has 37 heavy (non-hydrogen) atoms. The second kappa shape index (κ2) is 12.4. The molecule has 0 spiro atoms. The van der Waals surface area contributed by atoms with Crippen LogP contribution in [0.2, 0.25) is 0 Å². The summed E-state index contributed by atoms with van der Waals surface area (Å²) in [5, 5.41) is 0. The fraction of sp³-hybridized carbons (Fsp3) is 0.212. The summed E-state index contributed by atoms with van der Waals surface area (Å²) in [6.45, 7) is 2.44. The minimum atomic E-state index is 0.0157. The molecule has 4 aromatic carbocycles. The zero-order chi connectivity index (χ0) is 26.1. The van der Waals surface area contributed by atoms with Crippen LogP contribution in [0.5, 0.6) is 0 Å². The summed E-state index contributed by atoms with van der Waals surface area (Å²) in [5.41, 5.74) is 11.5. The zero-order valence-corrected chi connectivity index (χ0v) is 21.5. The van der Waals surface area contributed by atoms with Crippen molar-refractivity contribution in [3.63, 3.8) is 0 Å². The van der Waals surface area contributed by atoms with Gasteiger partial charge in [-0.1, -0.05) is 103 Å². The van der Waals surface area contributed by atoms with Crippen molar-refractivity contribution in [3.8, 4) is 0 Å². The number of likely N-dealkylation sites (N-methyl/N-ethyl adjacent to an activating group) is 1. The molecule has 0 bridgehead atoms. The highest BCUT2D eigenvalue weighted by molar-refractivity contribution is 6.09. The third-order valence-corrected chi connectivity index (χ3v) is 6.87. The standard InChI is InChI=1S/C33H35N2O2/c1-35(24-26-11-5-2-6-12-26,25-32(36)28-13-7-3-8-14-28)22-20-30-23-31(18-17-27(30)19-21-34)33(37)29-15-9-4-10-16-29/h2-18,23H,19-22,24-25,34H2,1H3/q+1. The Morgan fingerprint density at radius 1 is 0.676 bits per heavy atom. The number of ketones is 2. The molecule has 0 saturated heterocycles. The van der Waals surface area contributed by atoms with Crippen molar-refractivity contribution in [1.82, 2.24) is 0 Å². The summed E-state index contributed by atoms with van der Waals surface area (Å²) in [7, 11) is 2.15. The second-order valence-corrected chi connectivity index (χ2v) is 9.90. The van der Waals surface area contributed by atoms with Gasteiger partial charge < -0.3 is 10.2 Å². The fourth-order valence-corrected chi connectivity index (χ4v) is 4.85.